The summed E-state index contributed by atoms with van der Waals surface area (Å²) in [6.45, 7) is 1.95. The van der Waals surface area contributed by atoms with Gasteiger partial charge in [0.05, 0.1) is 17.3 Å². The first-order chi connectivity index (χ1) is 9.29. The molecule has 1 heterocycles. The van der Waals surface area contributed by atoms with Crippen molar-refractivity contribution in [1.29, 1.82) is 5.26 Å². The fourth-order valence-corrected chi connectivity index (χ4v) is 2.19. The highest BCUT2D eigenvalue weighted by atomic mass is 15.1. The highest BCUT2D eigenvalue weighted by molar-refractivity contribution is 5.95. The van der Waals surface area contributed by atoms with Gasteiger partial charge in [0.25, 0.3) is 0 Å². The summed E-state index contributed by atoms with van der Waals surface area (Å²) in [6, 6.07) is 17.6. The van der Waals surface area contributed by atoms with Crippen LogP contribution in [0.25, 0.3) is 22.0 Å². The van der Waals surface area contributed by atoms with Crippen LogP contribution < -0.4 is 0 Å². The number of fused-ring (bicyclic) bond motifs is 1. The number of aromatic nitrogens is 2. The predicted octanol–water partition coefficient (Wildman–Crippen LogP) is 3.48. The molecule has 3 heteroatoms. The predicted molar refractivity (Wildman–Crippen MR) is 74.4 cm³/mol. The van der Waals surface area contributed by atoms with Crippen LogP contribution >= 0.6 is 0 Å². The van der Waals surface area contributed by atoms with E-state index in [1.165, 1.54) is 0 Å². The Morgan fingerprint density at radius 2 is 1.74 bits per heavy atom. The van der Waals surface area contributed by atoms with Gasteiger partial charge in [-0.2, -0.15) is 10.4 Å². The van der Waals surface area contributed by atoms with Crippen LogP contribution in [0.3, 0.4) is 0 Å². The minimum Gasteiger partial charge on any atom is -0.192 e. The average molecular weight is 245 g/mol. The van der Waals surface area contributed by atoms with Crippen LogP contribution in [0.1, 0.15) is 11.3 Å². The van der Waals surface area contributed by atoms with E-state index in [-0.39, 0.29) is 0 Å². The van der Waals surface area contributed by atoms with E-state index in [1.54, 1.807) is 6.07 Å². The summed E-state index contributed by atoms with van der Waals surface area (Å²) in [7, 11) is 0. The normalized spacial score (nSPS) is 10.3. The number of benzene rings is 2. The van der Waals surface area contributed by atoms with Gasteiger partial charge in [0.15, 0.2) is 0 Å². The van der Waals surface area contributed by atoms with Crippen LogP contribution in [0.15, 0.2) is 48.5 Å². The number of hydrogen-bond acceptors (Lipinski definition) is 3. The molecule has 0 aliphatic carbocycles. The Kier molecular flexibility index (Phi) is 2.70. The maximum absolute atomic E-state index is 8.98. The van der Waals surface area contributed by atoms with E-state index < -0.39 is 0 Å². The van der Waals surface area contributed by atoms with Crippen molar-refractivity contribution in [2.45, 2.75) is 6.92 Å². The third kappa shape index (κ3) is 1.94. The van der Waals surface area contributed by atoms with Crippen molar-refractivity contribution in [1.82, 2.24) is 10.2 Å². The molecule has 3 aromatic rings. The van der Waals surface area contributed by atoms with E-state index in [0.29, 0.717) is 5.56 Å². The lowest BCUT2D eigenvalue weighted by Gasteiger charge is -2.07. The van der Waals surface area contributed by atoms with Crippen LogP contribution in [0.4, 0.5) is 0 Å². The van der Waals surface area contributed by atoms with Crippen molar-refractivity contribution < 1.29 is 0 Å². The first-order valence-electron chi connectivity index (χ1n) is 6.02. The minimum atomic E-state index is 0.629. The molecule has 0 radical (unpaired) electrons. The molecular formula is C16H11N3. The van der Waals surface area contributed by atoms with Crippen LogP contribution in [0, 0.1) is 18.3 Å². The molecule has 0 N–H and O–H groups in total. The van der Waals surface area contributed by atoms with E-state index in [4.69, 9.17) is 5.26 Å². The van der Waals surface area contributed by atoms with Gasteiger partial charge in [-0.15, -0.1) is 5.10 Å². The molecule has 2 aromatic carbocycles. The molecule has 90 valence electrons. The van der Waals surface area contributed by atoms with Gasteiger partial charge in [0.2, 0.25) is 0 Å². The molecule has 3 nitrogen and oxygen atoms in total. The summed E-state index contributed by atoms with van der Waals surface area (Å²) in [4.78, 5) is 0. The summed E-state index contributed by atoms with van der Waals surface area (Å²) >= 11 is 0. The smallest absolute Gasteiger partial charge is 0.101 e. The van der Waals surface area contributed by atoms with E-state index in [9.17, 15) is 0 Å². The van der Waals surface area contributed by atoms with Crippen molar-refractivity contribution in [2.24, 2.45) is 0 Å². The second kappa shape index (κ2) is 4.51. The quantitative estimate of drug-likeness (QED) is 0.659. The van der Waals surface area contributed by atoms with Crippen LogP contribution in [0.5, 0.6) is 0 Å². The third-order valence-corrected chi connectivity index (χ3v) is 3.14. The van der Waals surface area contributed by atoms with Gasteiger partial charge in [-0.3, -0.25) is 0 Å². The Morgan fingerprint density at radius 3 is 2.53 bits per heavy atom. The van der Waals surface area contributed by atoms with E-state index in [0.717, 1.165) is 27.7 Å². The lowest BCUT2D eigenvalue weighted by molar-refractivity contribution is 1.01. The van der Waals surface area contributed by atoms with Crippen LogP contribution in [0.2, 0.25) is 0 Å². The van der Waals surface area contributed by atoms with E-state index in [1.807, 2.05) is 49.4 Å². The lowest BCUT2D eigenvalue weighted by Crippen LogP contribution is -1.94. The van der Waals surface area contributed by atoms with Gasteiger partial charge < -0.3 is 0 Å². The fraction of sp³-hybridized carbons (Fsp3) is 0.0625. The fourth-order valence-electron chi connectivity index (χ4n) is 2.19. The molecule has 0 saturated carbocycles. The third-order valence-electron chi connectivity index (χ3n) is 3.14. The standard InChI is InChI=1S/C16H11N3/c1-11-14-7-2-3-8-15(14)16(19-18-11)13-6-4-5-12(9-13)10-17/h2-9H,1H3. The molecule has 19 heavy (non-hydrogen) atoms. The first-order valence-corrected chi connectivity index (χ1v) is 6.02. The van der Waals surface area contributed by atoms with Gasteiger partial charge in [-0.1, -0.05) is 36.4 Å². The lowest BCUT2D eigenvalue weighted by atomic mass is 10.0. The monoisotopic (exact) mass is 245 g/mol. The zero-order valence-electron chi connectivity index (χ0n) is 10.5. The molecule has 0 spiro atoms. The zero-order chi connectivity index (χ0) is 13.2. The summed E-state index contributed by atoms with van der Waals surface area (Å²) < 4.78 is 0. The Morgan fingerprint density at radius 1 is 0.947 bits per heavy atom. The highest BCUT2D eigenvalue weighted by Crippen LogP contribution is 2.27. The van der Waals surface area contributed by atoms with Gasteiger partial charge in [0.1, 0.15) is 5.69 Å². The Balaban J connectivity index is 2.31. The molecular weight excluding hydrogens is 234 g/mol. The molecule has 0 unspecified atom stereocenters. The number of nitriles is 1. The summed E-state index contributed by atoms with van der Waals surface area (Å²) in [5.41, 5.74) is 3.28. The topological polar surface area (TPSA) is 49.6 Å². The van der Waals surface area contributed by atoms with Gasteiger partial charge in [-0.05, 0) is 19.1 Å². The summed E-state index contributed by atoms with van der Waals surface area (Å²) in [5.74, 6) is 0. The van der Waals surface area contributed by atoms with Crippen molar-refractivity contribution >= 4 is 10.8 Å². The number of rotatable bonds is 1. The van der Waals surface area contributed by atoms with Gasteiger partial charge >= 0.3 is 0 Å². The molecule has 0 amide bonds. The maximum atomic E-state index is 8.98. The number of aryl methyl sites for hydroxylation is 1. The SMILES string of the molecule is Cc1nnc(-c2cccc(C#N)c2)c2ccccc12. The average Bonchev–Trinajstić information content (AvgIpc) is 2.48. The van der Waals surface area contributed by atoms with E-state index in [2.05, 4.69) is 16.3 Å². The zero-order valence-corrected chi connectivity index (χ0v) is 10.5. The molecule has 0 aliphatic rings. The van der Waals surface area contributed by atoms with Crippen LogP contribution in [-0.4, -0.2) is 10.2 Å². The Labute approximate surface area is 111 Å². The van der Waals surface area contributed by atoms with Crippen molar-refractivity contribution in [3.63, 3.8) is 0 Å². The Bertz CT molecular complexity index is 800. The summed E-state index contributed by atoms with van der Waals surface area (Å²) in [5, 5.41) is 19.6. The first kappa shape index (κ1) is 11.4. The molecule has 0 saturated heterocycles. The van der Waals surface area contributed by atoms with Crippen LogP contribution in [-0.2, 0) is 0 Å². The summed E-state index contributed by atoms with van der Waals surface area (Å²) in [6.07, 6.45) is 0. The van der Waals surface area contributed by atoms with Crippen molar-refractivity contribution in [3.8, 4) is 17.3 Å². The largest absolute Gasteiger partial charge is 0.192 e. The minimum absolute atomic E-state index is 0.629. The van der Waals surface area contributed by atoms with E-state index >= 15 is 0 Å². The van der Waals surface area contributed by atoms with Gasteiger partial charge in [0, 0.05) is 16.3 Å². The molecule has 0 bridgehead atoms. The molecule has 3 rings (SSSR count). The highest BCUT2D eigenvalue weighted by Gasteiger charge is 2.08. The molecule has 1 aromatic heterocycles. The molecule has 0 fully saturated rings. The second-order valence-corrected chi connectivity index (χ2v) is 4.37. The molecule has 0 atom stereocenters. The number of nitrogens with zero attached hydrogens (tertiary/aromatic N) is 3. The Hall–Kier alpha value is -2.73. The van der Waals surface area contributed by atoms with Crippen molar-refractivity contribution in [2.75, 3.05) is 0 Å². The van der Waals surface area contributed by atoms with Gasteiger partial charge in [-0.25, -0.2) is 0 Å². The number of hydrogen-bond donors (Lipinski definition) is 0. The maximum Gasteiger partial charge on any atom is 0.101 e. The second-order valence-electron chi connectivity index (χ2n) is 4.37. The van der Waals surface area contributed by atoms with Crippen molar-refractivity contribution in [3.05, 3.63) is 59.8 Å². The molecule has 0 aliphatic heterocycles.